The van der Waals surface area contributed by atoms with E-state index in [9.17, 15) is 4.79 Å². The molecule has 1 aromatic rings. The molecule has 0 spiro atoms. The van der Waals surface area contributed by atoms with E-state index in [1.165, 1.54) is 6.42 Å². The highest BCUT2D eigenvalue weighted by Gasteiger charge is 2.27. The lowest BCUT2D eigenvalue weighted by atomic mass is 9.91. The van der Waals surface area contributed by atoms with Crippen LogP contribution in [0.5, 0.6) is 0 Å². The highest BCUT2D eigenvalue weighted by atomic mass is 35.5. The summed E-state index contributed by atoms with van der Waals surface area (Å²) in [4.78, 5) is 14.2. The molecule has 1 saturated carbocycles. The number of carbonyl (C=O) groups excluding carboxylic acids is 1. The third kappa shape index (κ3) is 3.66. The summed E-state index contributed by atoms with van der Waals surface area (Å²) >= 11 is 6.15. The van der Waals surface area contributed by atoms with Gasteiger partial charge in [0.2, 0.25) is 5.91 Å². The van der Waals surface area contributed by atoms with Crippen LogP contribution in [0.3, 0.4) is 0 Å². The zero-order chi connectivity index (χ0) is 15.4. The third-order valence-electron chi connectivity index (χ3n) is 3.94. The summed E-state index contributed by atoms with van der Waals surface area (Å²) in [7, 11) is 1.77. The summed E-state index contributed by atoms with van der Waals surface area (Å²) in [6.45, 7) is 2.57. The number of hydrogen-bond acceptors (Lipinski definition) is 3. The average molecular weight is 312 g/mol. The minimum Gasteiger partial charge on any atom is -0.396 e. The van der Waals surface area contributed by atoms with Crippen molar-refractivity contribution in [2.75, 3.05) is 13.2 Å². The standard InChI is InChI=1S/C15H22ClN3O2/c1-11-13(15(16)18(2)17-11)7-8-14(21)19(9-4-10-20)12-5-3-6-12/h7-8,12,20H,3-6,9-10H2,1-2H3/b8-7+. The third-order valence-corrected chi connectivity index (χ3v) is 4.39. The van der Waals surface area contributed by atoms with Gasteiger partial charge in [-0.15, -0.1) is 0 Å². The Hall–Kier alpha value is -1.33. The van der Waals surface area contributed by atoms with Crippen molar-refractivity contribution in [3.8, 4) is 0 Å². The Labute approximate surface area is 130 Å². The van der Waals surface area contributed by atoms with Crippen molar-refractivity contribution < 1.29 is 9.90 Å². The van der Waals surface area contributed by atoms with E-state index in [1.54, 1.807) is 23.9 Å². The van der Waals surface area contributed by atoms with Crippen LogP contribution in [0.2, 0.25) is 5.15 Å². The van der Waals surface area contributed by atoms with Crippen LogP contribution in [0.25, 0.3) is 6.08 Å². The van der Waals surface area contributed by atoms with Crippen LogP contribution in [-0.4, -0.2) is 44.9 Å². The summed E-state index contributed by atoms with van der Waals surface area (Å²) in [6.07, 6.45) is 7.19. The van der Waals surface area contributed by atoms with Gasteiger partial charge >= 0.3 is 0 Å². The topological polar surface area (TPSA) is 58.4 Å². The molecule has 0 bridgehead atoms. The van der Waals surface area contributed by atoms with Crippen molar-refractivity contribution in [1.82, 2.24) is 14.7 Å². The number of aromatic nitrogens is 2. The molecule has 0 saturated heterocycles. The van der Waals surface area contributed by atoms with Crippen LogP contribution in [0, 0.1) is 6.92 Å². The van der Waals surface area contributed by atoms with Crippen molar-refractivity contribution in [3.63, 3.8) is 0 Å². The van der Waals surface area contributed by atoms with Crippen molar-refractivity contribution in [2.45, 2.75) is 38.6 Å². The number of nitrogens with zero attached hydrogens (tertiary/aromatic N) is 3. The molecule has 5 nitrogen and oxygen atoms in total. The Kier molecular flexibility index (Phi) is 5.42. The zero-order valence-corrected chi connectivity index (χ0v) is 13.3. The minimum absolute atomic E-state index is 0.0209. The summed E-state index contributed by atoms with van der Waals surface area (Å²) in [5, 5.41) is 13.7. The van der Waals surface area contributed by atoms with Gasteiger partial charge in [0.1, 0.15) is 5.15 Å². The predicted molar refractivity (Wildman–Crippen MR) is 83.0 cm³/mol. The molecule has 0 radical (unpaired) electrons. The van der Waals surface area contributed by atoms with Crippen LogP contribution in [-0.2, 0) is 11.8 Å². The summed E-state index contributed by atoms with van der Waals surface area (Å²) in [5.74, 6) is -0.0209. The van der Waals surface area contributed by atoms with Gasteiger partial charge in [0.05, 0.1) is 5.69 Å². The Morgan fingerprint density at radius 2 is 2.29 bits per heavy atom. The van der Waals surface area contributed by atoms with Crippen molar-refractivity contribution in [3.05, 3.63) is 22.5 Å². The maximum absolute atomic E-state index is 12.4. The highest BCUT2D eigenvalue weighted by molar-refractivity contribution is 6.31. The first-order valence-electron chi connectivity index (χ1n) is 7.33. The highest BCUT2D eigenvalue weighted by Crippen LogP contribution is 2.26. The number of carbonyl (C=O) groups is 1. The molecule has 0 unspecified atom stereocenters. The Morgan fingerprint density at radius 1 is 1.57 bits per heavy atom. The summed E-state index contributed by atoms with van der Waals surface area (Å²) in [5.41, 5.74) is 1.58. The van der Waals surface area contributed by atoms with Crippen LogP contribution < -0.4 is 0 Å². The minimum atomic E-state index is -0.0209. The lowest BCUT2D eigenvalue weighted by Gasteiger charge is -2.37. The van der Waals surface area contributed by atoms with Gasteiger partial charge in [-0.05, 0) is 38.7 Å². The quantitative estimate of drug-likeness (QED) is 0.819. The van der Waals surface area contributed by atoms with Crippen molar-refractivity contribution >= 4 is 23.6 Å². The lowest BCUT2D eigenvalue weighted by Crippen LogP contribution is -2.44. The monoisotopic (exact) mass is 311 g/mol. The van der Waals surface area contributed by atoms with E-state index in [4.69, 9.17) is 16.7 Å². The number of aliphatic hydroxyl groups is 1. The van der Waals surface area contributed by atoms with E-state index < -0.39 is 0 Å². The zero-order valence-electron chi connectivity index (χ0n) is 12.5. The molecule has 1 aliphatic carbocycles. The van der Waals surface area contributed by atoms with Gasteiger partial charge in [-0.2, -0.15) is 5.10 Å². The number of hydrogen-bond donors (Lipinski definition) is 1. The van der Waals surface area contributed by atoms with Gasteiger partial charge in [0, 0.05) is 37.9 Å². The predicted octanol–water partition coefficient (Wildman–Crippen LogP) is 2.16. The summed E-state index contributed by atoms with van der Waals surface area (Å²) < 4.78 is 1.59. The first kappa shape index (κ1) is 16.0. The van der Waals surface area contributed by atoms with Crippen LogP contribution in [0.4, 0.5) is 0 Å². The maximum Gasteiger partial charge on any atom is 0.246 e. The van der Waals surface area contributed by atoms with Crippen molar-refractivity contribution in [2.24, 2.45) is 7.05 Å². The molecule has 6 heteroatoms. The van der Waals surface area contributed by atoms with E-state index in [2.05, 4.69) is 5.10 Å². The number of aliphatic hydroxyl groups excluding tert-OH is 1. The average Bonchev–Trinajstić information content (AvgIpc) is 2.63. The molecule has 1 fully saturated rings. The largest absolute Gasteiger partial charge is 0.396 e. The fourth-order valence-electron chi connectivity index (χ4n) is 2.50. The Morgan fingerprint density at radius 3 is 2.76 bits per heavy atom. The number of amides is 1. The van der Waals surface area contributed by atoms with E-state index in [0.29, 0.717) is 24.2 Å². The van der Waals surface area contributed by atoms with Gasteiger partial charge in [0.15, 0.2) is 0 Å². The van der Waals surface area contributed by atoms with Gasteiger partial charge < -0.3 is 10.0 Å². The molecular formula is C15H22ClN3O2. The van der Waals surface area contributed by atoms with Crippen molar-refractivity contribution in [1.29, 1.82) is 0 Å². The molecule has 2 rings (SSSR count). The number of aryl methyl sites for hydroxylation is 2. The van der Waals surface area contributed by atoms with E-state index >= 15 is 0 Å². The molecular weight excluding hydrogens is 290 g/mol. The van der Waals surface area contributed by atoms with Gasteiger partial charge in [0.25, 0.3) is 0 Å². The maximum atomic E-state index is 12.4. The molecule has 1 heterocycles. The van der Waals surface area contributed by atoms with E-state index in [1.807, 2.05) is 11.8 Å². The second kappa shape index (κ2) is 7.09. The normalized spacial score (nSPS) is 15.4. The smallest absolute Gasteiger partial charge is 0.246 e. The van der Waals surface area contributed by atoms with Gasteiger partial charge in [-0.3, -0.25) is 9.48 Å². The first-order valence-corrected chi connectivity index (χ1v) is 7.71. The Balaban J connectivity index is 2.08. The molecule has 1 N–H and O–H groups in total. The Bertz CT molecular complexity index is 535. The van der Waals surface area contributed by atoms with Crippen LogP contribution in [0.15, 0.2) is 6.08 Å². The number of rotatable bonds is 6. The van der Waals surface area contributed by atoms with Crippen LogP contribution in [0.1, 0.15) is 36.9 Å². The fraction of sp³-hybridized carbons (Fsp3) is 0.600. The first-order chi connectivity index (χ1) is 10.0. The van der Waals surface area contributed by atoms with Gasteiger partial charge in [-0.25, -0.2) is 0 Å². The molecule has 1 aromatic heterocycles. The summed E-state index contributed by atoms with van der Waals surface area (Å²) in [6, 6.07) is 0.319. The molecule has 1 amide bonds. The molecule has 0 aromatic carbocycles. The molecule has 116 valence electrons. The van der Waals surface area contributed by atoms with E-state index in [-0.39, 0.29) is 12.5 Å². The second-order valence-electron chi connectivity index (χ2n) is 5.44. The number of halogens is 1. The molecule has 0 aliphatic heterocycles. The van der Waals surface area contributed by atoms with Crippen LogP contribution >= 0.6 is 11.6 Å². The molecule has 21 heavy (non-hydrogen) atoms. The van der Waals surface area contributed by atoms with Gasteiger partial charge in [-0.1, -0.05) is 11.6 Å². The fourth-order valence-corrected chi connectivity index (χ4v) is 2.74. The molecule has 1 aliphatic rings. The SMILES string of the molecule is Cc1nn(C)c(Cl)c1/C=C/C(=O)N(CCCO)C1CCC1. The molecule has 0 atom stereocenters. The second-order valence-corrected chi connectivity index (χ2v) is 5.80. The lowest BCUT2D eigenvalue weighted by molar-refractivity contribution is -0.130. The van der Waals surface area contributed by atoms with E-state index in [0.717, 1.165) is 24.1 Å².